The van der Waals surface area contributed by atoms with E-state index in [1.54, 1.807) is 0 Å². The van der Waals surface area contributed by atoms with Crippen LogP contribution in [0, 0.1) is 6.92 Å². The molecular weight excluding hydrogens is 238 g/mol. The topological polar surface area (TPSA) is 49.6 Å². The Labute approximate surface area is 116 Å². The summed E-state index contributed by atoms with van der Waals surface area (Å²) in [6.07, 6.45) is 0. The zero-order chi connectivity index (χ0) is 14.6. The van der Waals surface area contributed by atoms with E-state index in [0.29, 0.717) is 17.8 Å². The lowest BCUT2D eigenvalue weighted by atomic mass is 10.1. The monoisotopic (exact) mass is 263 g/mol. The molecule has 2 N–H and O–H groups in total. The summed E-state index contributed by atoms with van der Waals surface area (Å²) in [7, 11) is 4.01. The average molecular weight is 263 g/mol. The number of nitrogens with two attached hydrogens (primary N) is 1. The minimum atomic E-state index is 0.00866. The zero-order valence-electron chi connectivity index (χ0n) is 12.6. The SMILES string of the molecule is Cc1ccc(C(=O)N(CCN(C)C)C(C)C)c(N)c1. The highest BCUT2D eigenvalue weighted by molar-refractivity contribution is 5.99. The number of hydrogen-bond donors (Lipinski definition) is 1. The predicted molar refractivity (Wildman–Crippen MR) is 80.3 cm³/mol. The van der Waals surface area contributed by atoms with E-state index in [9.17, 15) is 4.79 Å². The van der Waals surface area contributed by atoms with Crippen molar-refractivity contribution in [1.29, 1.82) is 0 Å². The minimum Gasteiger partial charge on any atom is -0.398 e. The first-order valence-electron chi connectivity index (χ1n) is 6.64. The van der Waals surface area contributed by atoms with Gasteiger partial charge < -0.3 is 15.5 Å². The molecule has 0 bridgehead atoms. The van der Waals surface area contributed by atoms with E-state index < -0.39 is 0 Å². The van der Waals surface area contributed by atoms with Crippen molar-refractivity contribution in [2.75, 3.05) is 32.9 Å². The van der Waals surface area contributed by atoms with Crippen LogP contribution in [0.5, 0.6) is 0 Å². The maximum Gasteiger partial charge on any atom is 0.256 e. The molecule has 0 fully saturated rings. The van der Waals surface area contributed by atoms with Gasteiger partial charge in [0, 0.05) is 24.8 Å². The number of nitrogens with zero attached hydrogens (tertiary/aromatic N) is 2. The third-order valence-electron chi connectivity index (χ3n) is 3.11. The lowest BCUT2D eigenvalue weighted by Crippen LogP contribution is -2.41. The van der Waals surface area contributed by atoms with Gasteiger partial charge in [-0.1, -0.05) is 6.07 Å². The molecule has 0 spiro atoms. The van der Waals surface area contributed by atoms with E-state index in [4.69, 9.17) is 5.73 Å². The zero-order valence-corrected chi connectivity index (χ0v) is 12.6. The Morgan fingerprint density at radius 1 is 1.26 bits per heavy atom. The highest BCUT2D eigenvalue weighted by atomic mass is 16.2. The molecule has 1 aromatic rings. The summed E-state index contributed by atoms with van der Waals surface area (Å²) in [5, 5.41) is 0. The molecule has 0 aliphatic heterocycles. The molecule has 0 aliphatic carbocycles. The van der Waals surface area contributed by atoms with Crippen LogP contribution in [0.2, 0.25) is 0 Å². The fourth-order valence-electron chi connectivity index (χ4n) is 1.93. The molecule has 4 heteroatoms. The molecular formula is C15H25N3O. The second-order valence-electron chi connectivity index (χ2n) is 5.49. The standard InChI is InChI=1S/C15H25N3O/c1-11(2)18(9-8-17(4)5)15(19)13-7-6-12(3)10-14(13)16/h6-7,10-11H,8-9,16H2,1-5H3. The molecule has 19 heavy (non-hydrogen) atoms. The fraction of sp³-hybridized carbons (Fsp3) is 0.533. The normalized spacial score (nSPS) is 11.1. The molecule has 0 unspecified atom stereocenters. The van der Waals surface area contributed by atoms with Gasteiger partial charge in [-0.05, 0) is 52.6 Å². The Morgan fingerprint density at radius 2 is 1.89 bits per heavy atom. The molecule has 0 heterocycles. The van der Waals surface area contributed by atoms with Crippen LogP contribution in [0.3, 0.4) is 0 Å². The van der Waals surface area contributed by atoms with Crippen LogP contribution < -0.4 is 5.73 Å². The Morgan fingerprint density at radius 3 is 2.37 bits per heavy atom. The Hall–Kier alpha value is -1.55. The Bertz CT molecular complexity index is 441. The van der Waals surface area contributed by atoms with Gasteiger partial charge in [-0.25, -0.2) is 0 Å². The molecule has 106 valence electrons. The number of rotatable bonds is 5. The number of hydrogen-bond acceptors (Lipinski definition) is 3. The summed E-state index contributed by atoms with van der Waals surface area (Å²) in [5.74, 6) is 0.00866. The number of anilines is 1. The van der Waals surface area contributed by atoms with Crippen molar-refractivity contribution in [3.05, 3.63) is 29.3 Å². The van der Waals surface area contributed by atoms with Crippen molar-refractivity contribution < 1.29 is 4.79 Å². The van der Waals surface area contributed by atoms with Gasteiger partial charge in [-0.15, -0.1) is 0 Å². The van der Waals surface area contributed by atoms with Gasteiger partial charge in [0.05, 0.1) is 5.56 Å². The predicted octanol–water partition coefficient (Wildman–Crippen LogP) is 1.99. The van der Waals surface area contributed by atoms with Crippen LogP contribution in [-0.4, -0.2) is 48.9 Å². The molecule has 4 nitrogen and oxygen atoms in total. The first-order valence-corrected chi connectivity index (χ1v) is 6.64. The highest BCUT2D eigenvalue weighted by Crippen LogP contribution is 2.17. The van der Waals surface area contributed by atoms with Crippen LogP contribution in [0.25, 0.3) is 0 Å². The summed E-state index contributed by atoms with van der Waals surface area (Å²) < 4.78 is 0. The molecule has 1 aromatic carbocycles. The molecule has 0 saturated heterocycles. The number of amides is 1. The second kappa shape index (κ2) is 6.57. The maximum atomic E-state index is 12.6. The van der Waals surface area contributed by atoms with E-state index in [2.05, 4.69) is 4.90 Å². The van der Waals surface area contributed by atoms with Crippen molar-refractivity contribution >= 4 is 11.6 Å². The van der Waals surface area contributed by atoms with Crippen LogP contribution in [0.15, 0.2) is 18.2 Å². The third-order valence-corrected chi connectivity index (χ3v) is 3.11. The lowest BCUT2D eigenvalue weighted by Gasteiger charge is -2.28. The molecule has 0 radical (unpaired) electrons. The summed E-state index contributed by atoms with van der Waals surface area (Å²) in [6, 6.07) is 5.75. The van der Waals surface area contributed by atoms with Crippen molar-refractivity contribution in [2.45, 2.75) is 26.8 Å². The van der Waals surface area contributed by atoms with Gasteiger partial charge in [-0.3, -0.25) is 4.79 Å². The Kier molecular flexibility index (Phi) is 5.36. The maximum absolute atomic E-state index is 12.6. The number of likely N-dealkylation sites (N-methyl/N-ethyl adjacent to an activating group) is 1. The van der Waals surface area contributed by atoms with Gasteiger partial charge in [0.2, 0.25) is 0 Å². The summed E-state index contributed by atoms with van der Waals surface area (Å²) in [6.45, 7) is 7.57. The van der Waals surface area contributed by atoms with Crippen LogP contribution >= 0.6 is 0 Å². The summed E-state index contributed by atoms with van der Waals surface area (Å²) in [5.41, 5.74) is 8.18. The summed E-state index contributed by atoms with van der Waals surface area (Å²) >= 11 is 0. The van der Waals surface area contributed by atoms with Crippen LogP contribution in [0.4, 0.5) is 5.69 Å². The van der Waals surface area contributed by atoms with Gasteiger partial charge >= 0.3 is 0 Å². The van der Waals surface area contributed by atoms with Crippen LogP contribution in [-0.2, 0) is 0 Å². The first kappa shape index (κ1) is 15.5. The molecule has 1 amide bonds. The highest BCUT2D eigenvalue weighted by Gasteiger charge is 2.20. The minimum absolute atomic E-state index is 0.00866. The van der Waals surface area contributed by atoms with Crippen molar-refractivity contribution in [2.24, 2.45) is 0 Å². The number of nitrogen functional groups attached to an aromatic ring is 1. The molecule has 0 saturated carbocycles. The largest absolute Gasteiger partial charge is 0.398 e. The van der Waals surface area contributed by atoms with Gasteiger partial charge in [-0.2, -0.15) is 0 Å². The Balaban J connectivity index is 2.92. The first-order chi connectivity index (χ1) is 8.82. The van der Waals surface area contributed by atoms with E-state index in [0.717, 1.165) is 12.1 Å². The molecule has 0 aliphatic rings. The van der Waals surface area contributed by atoms with E-state index in [-0.39, 0.29) is 11.9 Å². The van der Waals surface area contributed by atoms with Crippen LogP contribution in [0.1, 0.15) is 29.8 Å². The average Bonchev–Trinajstić information content (AvgIpc) is 2.27. The van der Waals surface area contributed by atoms with Gasteiger partial charge in [0.1, 0.15) is 0 Å². The van der Waals surface area contributed by atoms with E-state index >= 15 is 0 Å². The number of carbonyl (C=O) groups excluding carboxylic acids is 1. The smallest absolute Gasteiger partial charge is 0.256 e. The molecule has 0 aromatic heterocycles. The number of carbonyl (C=O) groups is 1. The summed E-state index contributed by atoms with van der Waals surface area (Å²) in [4.78, 5) is 16.5. The van der Waals surface area contributed by atoms with E-state index in [1.165, 1.54) is 0 Å². The lowest BCUT2D eigenvalue weighted by molar-refractivity contribution is 0.0694. The van der Waals surface area contributed by atoms with Crippen molar-refractivity contribution in [3.8, 4) is 0 Å². The fourth-order valence-corrected chi connectivity index (χ4v) is 1.93. The van der Waals surface area contributed by atoms with Crippen molar-refractivity contribution in [3.63, 3.8) is 0 Å². The second-order valence-corrected chi connectivity index (χ2v) is 5.49. The van der Waals surface area contributed by atoms with Gasteiger partial charge in [0.25, 0.3) is 5.91 Å². The number of aryl methyl sites for hydroxylation is 1. The van der Waals surface area contributed by atoms with E-state index in [1.807, 2.05) is 58.0 Å². The third kappa shape index (κ3) is 4.24. The molecule has 0 atom stereocenters. The number of benzene rings is 1. The molecule has 1 rings (SSSR count). The van der Waals surface area contributed by atoms with Gasteiger partial charge in [0.15, 0.2) is 0 Å². The quantitative estimate of drug-likeness (QED) is 0.827. The van der Waals surface area contributed by atoms with Crippen molar-refractivity contribution in [1.82, 2.24) is 9.80 Å².